The maximum atomic E-state index is 15.7. The van der Waals surface area contributed by atoms with Crippen LogP contribution in [0.25, 0.3) is 109 Å². The summed E-state index contributed by atoms with van der Waals surface area (Å²) in [5.74, 6) is -1.72. The number of carbonyl (C=O) groups is 3. The molecule has 3 amide bonds. The number of methoxy groups -OCH3 is 2. The summed E-state index contributed by atoms with van der Waals surface area (Å²) < 4.78 is 46.6. The van der Waals surface area contributed by atoms with Crippen molar-refractivity contribution >= 4 is 165 Å². The summed E-state index contributed by atoms with van der Waals surface area (Å²) in [6, 6.07) is 28.0. The third kappa shape index (κ3) is 17.6. The number of aryl methyl sites for hydroxylation is 2. The van der Waals surface area contributed by atoms with Gasteiger partial charge in [-0.15, -0.1) is 0 Å². The molecular formula is C101H93Cl6F2N17O8. The quantitative estimate of drug-likeness (QED) is 0.0659. The molecule has 0 radical (unpaired) electrons. The highest BCUT2D eigenvalue weighted by Crippen LogP contribution is 2.51. The molecule has 0 bridgehead atoms. The standard InChI is InChI=1S/C36H37ClN8O2.C34H32Cl2FN5O3.C31H24Cl3FN4O3/c1-9-29(46)43-12-13-44(22(7)17-43)34-24-14-26(37)23(30-21(6)10-11-27-25(30)16-41-42-27)15-28(24)45(36(47)33(34)38-8)35-31(19(2)3)39-18-40-32(35)20(4)5;1-8-27(43)40-13-14-41(20(5)17-40)33-22-15-24(36)21(28-26(45-7)10-9-23(35)29(28)37)16-25(22)42(34(44)31(33)38-6)32-19(4)11-12-39-30(32)18(2)3;1-5-26(40)37-12-13-38(17(2)16-37)30-19-14-22(34)18(27-25(42-4)11-10-21(33)28(27)35)15-24(19)39(31(41)29(30)36-3)23-9-7-6-8-20(23)32/h9-11,14-16,18-20,22H,1,12-13,17H2,2-7H3,(H,41,42);8-12,15-16,18,20H,1,13-14,17H2,2-5,7H3;5-11,14-15,17H,1,12-13,16H2,2,4H3/t22-;20-;17-/m000/s1. The molecule has 9 heterocycles. The number of halogens is 8. The number of carbonyl (C=O) groups excluding carboxylic acids is 3. The van der Waals surface area contributed by atoms with Gasteiger partial charge in [-0.1, -0.05) is 149 Å². The summed E-state index contributed by atoms with van der Waals surface area (Å²) in [7, 11) is 2.82. The van der Waals surface area contributed by atoms with Crippen molar-refractivity contribution in [2.24, 2.45) is 0 Å². The van der Waals surface area contributed by atoms with Crippen LogP contribution in [0.4, 0.5) is 42.9 Å². The first-order valence-electron chi connectivity index (χ1n) is 43.0. The van der Waals surface area contributed by atoms with Gasteiger partial charge in [-0.3, -0.25) is 52.6 Å². The van der Waals surface area contributed by atoms with E-state index in [0.29, 0.717) is 148 Å². The molecule has 16 rings (SSSR count). The molecule has 0 unspecified atom stereocenters. The minimum absolute atomic E-state index is 0.0157. The number of piperazine rings is 3. The lowest BCUT2D eigenvalue weighted by molar-refractivity contribution is -0.127. The predicted octanol–water partition coefficient (Wildman–Crippen LogP) is 22.6. The Bertz CT molecular complexity index is 7350. The van der Waals surface area contributed by atoms with E-state index in [1.54, 1.807) is 98.7 Å². The third-order valence-electron chi connectivity index (χ3n) is 24.6. The number of pyridine rings is 4. The van der Waals surface area contributed by atoms with Crippen molar-refractivity contribution in [3.63, 3.8) is 0 Å². The molecule has 3 aliphatic heterocycles. The minimum atomic E-state index is -0.737. The Morgan fingerprint density at radius 2 is 0.843 bits per heavy atom. The molecule has 6 aromatic heterocycles. The van der Waals surface area contributed by atoms with Crippen molar-refractivity contribution in [2.75, 3.05) is 87.8 Å². The van der Waals surface area contributed by atoms with Gasteiger partial charge in [-0.05, 0) is 172 Å². The van der Waals surface area contributed by atoms with E-state index in [2.05, 4.69) is 64.3 Å². The lowest BCUT2D eigenvalue weighted by Crippen LogP contribution is -2.53. The van der Waals surface area contributed by atoms with Crippen molar-refractivity contribution in [3.05, 3.63) is 295 Å². The van der Waals surface area contributed by atoms with Gasteiger partial charge in [-0.2, -0.15) is 5.10 Å². The molecular weight excluding hydrogens is 1830 g/mol. The van der Waals surface area contributed by atoms with Gasteiger partial charge < -0.3 is 38.9 Å². The summed E-state index contributed by atoms with van der Waals surface area (Å²) in [5, 5.41) is 10.7. The van der Waals surface area contributed by atoms with E-state index < -0.39 is 28.3 Å². The van der Waals surface area contributed by atoms with Crippen molar-refractivity contribution in [3.8, 4) is 61.9 Å². The van der Waals surface area contributed by atoms with Gasteiger partial charge in [0.05, 0.1) is 140 Å². The molecule has 0 saturated carbocycles. The Kier molecular flexibility index (Phi) is 28.7. The molecule has 3 atom stereocenters. The molecule has 33 heteroatoms. The summed E-state index contributed by atoms with van der Waals surface area (Å²) in [6.07, 6.45) is 8.86. The summed E-state index contributed by atoms with van der Waals surface area (Å²) in [6.45, 7) is 60.6. The zero-order valence-electron chi connectivity index (χ0n) is 75.7. The Labute approximate surface area is 802 Å². The van der Waals surface area contributed by atoms with E-state index >= 15 is 8.78 Å². The van der Waals surface area contributed by atoms with E-state index in [-0.39, 0.29) is 130 Å². The second-order valence-corrected chi connectivity index (χ2v) is 36.2. The van der Waals surface area contributed by atoms with Crippen molar-refractivity contribution in [1.29, 1.82) is 0 Å². The molecule has 3 saturated heterocycles. The van der Waals surface area contributed by atoms with Crippen LogP contribution >= 0.6 is 69.6 Å². The first-order valence-corrected chi connectivity index (χ1v) is 45.3. The van der Waals surface area contributed by atoms with Crippen molar-refractivity contribution in [1.82, 2.24) is 53.6 Å². The second-order valence-electron chi connectivity index (χ2n) is 33.7. The van der Waals surface area contributed by atoms with Crippen LogP contribution < -0.4 is 40.9 Å². The number of fused-ring (bicyclic) bond motifs is 4. The van der Waals surface area contributed by atoms with E-state index in [1.807, 2.05) is 110 Å². The van der Waals surface area contributed by atoms with Crippen LogP contribution in [0, 0.1) is 45.2 Å². The number of aromatic amines is 1. The second kappa shape index (κ2) is 39.8. The van der Waals surface area contributed by atoms with Crippen LogP contribution in [0.15, 0.2) is 174 Å². The van der Waals surface area contributed by atoms with Gasteiger partial charge in [0.1, 0.15) is 17.8 Å². The van der Waals surface area contributed by atoms with Crippen LogP contribution in [0.3, 0.4) is 0 Å². The SMILES string of the molecule is [C-]#[N+]c1c(N2CCN(C(=O)C=C)C[C@@H]2C)c2cc(Cl)c(-c3c(C)ccc4[nH]ncc34)cc2n(-c2c(C(C)C)ncnc2C(C)C)c1=O.[C-]#[N+]c1c(N2CCN(C(=O)C=C)C[C@@H]2C)c2cc(Cl)c(-c3c(OC)ccc(Cl)c3F)cc2n(-c2c(C)ccnc2C(C)C)c1=O.[C-]#[N+]c1c(N2CCN(C(=O)C=C)C[C@@H]2C)c2cc(Cl)c(-c3c(OC)ccc(Cl)c3F)cc2n(-c2ccccc2Cl)c1=O. The first kappa shape index (κ1) is 96.6. The van der Waals surface area contributed by atoms with Gasteiger partial charge in [0.25, 0.3) is 33.7 Å². The smallest absolute Gasteiger partial charge is 0.274 e. The molecule has 0 spiro atoms. The molecule has 686 valence electrons. The zero-order chi connectivity index (χ0) is 96.8. The number of rotatable bonds is 17. The Balaban J connectivity index is 0.000000162. The highest BCUT2D eigenvalue weighted by Gasteiger charge is 2.38. The molecule has 3 fully saturated rings. The van der Waals surface area contributed by atoms with Crippen LogP contribution in [0.2, 0.25) is 30.1 Å². The molecule has 13 aromatic rings. The number of aromatic nitrogens is 8. The van der Waals surface area contributed by atoms with Crippen LogP contribution in [0.1, 0.15) is 108 Å². The van der Waals surface area contributed by atoms with Crippen LogP contribution in [0.5, 0.6) is 11.5 Å². The van der Waals surface area contributed by atoms with Gasteiger partial charge in [0, 0.05) is 137 Å². The summed E-state index contributed by atoms with van der Waals surface area (Å²) >= 11 is 39.9. The largest absolute Gasteiger partial charge is 0.496 e. The number of nitrogens with one attached hydrogen (secondary N) is 1. The summed E-state index contributed by atoms with van der Waals surface area (Å²) in [4.78, 5) is 117. The summed E-state index contributed by atoms with van der Waals surface area (Å²) in [5.41, 5.74) is 9.17. The lowest BCUT2D eigenvalue weighted by Gasteiger charge is -2.42. The molecule has 134 heavy (non-hydrogen) atoms. The number of amides is 3. The lowest BCUT2D eigenvalue weighted by atomic mass is 9.94. The molecule has 3 aliphatic rings. The monoisotopic (exact) mass is 1920 g/mol. The fourth-order valence-electron chi connectivity index (χ4n) is 18.2. The zero-order valence-corrected chi connectivity index (χ0v) is 80.2. The molecule has 1 N–H and O–H groups in total. The number of para-hydroxylation sites is 1. The average molecular weight is 1920 g/mol. The topological polar surface area (TPSA) is 236 Å². The predicted molar refractivity (Wildman–Crippen MR) is 532 cm³/mol. The van der Waals surface area contributed by atoms with Crippen LogP contribution in [-0.2, 0) is 14.4 Å². The highest BCUT2D eigenvalue weighted by molar-refractivity contribution is 6.37. The van der Waals surface area contributed by atoms with Gasteiger partial charge in [-0.25, -0.2) is 33.3 Å². The number of H-pyrrole nitrogens is 1. The Hall–Kier alpha value is -13.4. The van der Waals surface area contributed by atoms with Crippen molar-refractivity contribution < 1.29 is 32.6 Å². The number of benzene rings is 7. The van der Waals surface area contributed by atoms with E-state index in [0.717, 1.165) is 33.2 Å². The van der Waals surface area contributed by atoms with Crippen molar-refractivity contribution in [2.45, 2.75) is 112 Å². The van der Waals surface area contributed by atoms with E-state index in [4.69, 9.17) is 98.8 Å². The van der Waals surface area contributed by atoms with E-state index in [9.17, 15) is 28.8 Å². The first-order chi connectivity index (χ1) is 64.0. The van der Waals surface area contributed by atoms with Gasteiger partial charge in [0.15, 0.2) is 11.6 Å². The number of ether oxygens (including phenoxy) is 2. The molecule has 0 aliphatic carbocycles. The van der Waals surface area contributed by atoms with E-state index in [1.165, 1.54) is 59.8 Å². The van der Waals surface area contributed by atoms with Gasteiger partial charge >= 0.3 is 0 Å². The van der Waals surface area contributed by atoms with Crippen LogP contribution in [-0.4, -0.2) is 163 Å². The number of hydrogen-bond donors (Lipinski definition) is 1. The number of nitrogens with zero attached hydrogens (tertiary/aromatic N) is 16. The Morgan fingerprint density at radius 1 is 0.463 bits per heavy atom. The molecule has 25 nitrogen and oxygen atoms in total. The third-order valence-corrected chi connectivity index (χ3v) is 26.4. The number of anilines is 3. The number of hydrogen-bond acceptors (Lipinski definition) is 15. The molecule has 7 aromatic carbocycles. The minimum Gasteiger partial charge on any atom is -0.496 e. The fraction of sp³-hybridized carbons (Fsp3) is 0.277. The highest BCUT2D eigenvalue weighted by atomic mass is 35.5. The Morgan fingerprint density at radius 3 is 1.22 bits per heavy atom. The van der Waals surface area contributed by atoms with Gasteiger partial charge in [0.2, 0.25) is 17.7 Å². The average Bonchev–Trinajstić information content (AvgIpc) is 0.927. The normalized spacial score (nSPS) is 15.1. The maximum Gasteiger partial charge on any atom is 0.274 e. The maximum absolute atomic E-state index is 15.7. The fourth-order valence-corrected chi connectivity index (χ4v) is 19.5.